The maximum Gasteiger partial charge on any atom is 0.157 e. The van der Waals surface area contributed by atoms with E-state index < -0.39 is 0 Å². The van der Waals surface area contributed by atoms with Gasteiger partial charge in [-0.15, -0.1) is 0 Å². The Hall–Kier alpha value is 1.17. The SMILES string of the molecule is CCOC(CCCN(P)PP)OCC. The summed E-state index contributed by atoms with van der Waals surface area (Å²) in [7, 11) is 6.21. The second kappa shape index (κ2) is 10.7. The van der Waals surface area contributed by atoms with Crippen molar-refractivity contribution in [3.05, 3.63) is 0 Å². The Kier molecular flexibility index (Phi) is 11.6. The van der Waals surface area contributed by atoms with E-state index in [0.29, 0.717) is 0 Å². The molecular weight excluding hydrogens is 235 g/mol. The maximum absolute atomic E-state index is 5.45. The lowest BCUT2D eigenvalue weighted by atomic mass is 10.3. The van der Waals surface area contributed by atoms with Crippen LogP contribution in [-0.4, -0.2) is 30.5 Å². The van der Waals surface area contributed by atoms with Gasteiger partial charge in [-0.1, -0.05) is 18.3 Å². The zero-order valence-electron chi connectivity index (χ0n) is 9.03. The molecule has 3 nitrogen and oxygen atoms in total. The van der Waals surface area contributed by atoms with Gasteiger partial charge in [-0.25, -0.2) is 0 Å². The zero-order chi connectivity index (χ0) is 10.8. The van der Waals surface area contributed by atoms with Crippen molar-refractivity contribution < 1.29 is 9.47 Å². The lowest BCUT2D eigenvalue weighted by Crippen LogP contribution is -2.18. The van der Waals surface area contributed by atoms with Gasteiger partial charge in [0.1, 0.15) is 0 Å². The van der Waals surface area contributed by atoms with Gasteiger partial charge >= 0.3 is 0 Å². The van der Waals surface area contributed by atoms with Crippen LogP contribution in [0.15, 0.2) is 0 Å². The molecule has 0 aromatic rings. The standard InChI is InChI=1S/C8H22NO2P3/c1-3-10-8(11-4-2)6-5-7-9(12)14-13/h8,14H,3-7,12-13H2,1-2H3. The summed E-state index contributed by atoms with van der Waals surface area (Å²) in [4.78, 5) is 0. The van der Waals surface area contributed by atoms with E-state index in [9.17, 15) is 0 Å². The molecule has 6 heteroatoms. The van der Waals surface area contributed by atoms with Gasteiger partial charge in [0, 0.05) is 19.8 Å². The molecule has 0 bridgehead atoms. The fourth-order valence-electron chi connectivity index (χ4n) is 1.08. The van der Waals surface area contributed by atoms with E-state index in [-0.39, 0.29) is 6.29 Å². The van der Waals surface area contributed by atoms with Crippen molar-refractivity contribution in [3.63, 3.8) is 0 Å². The smallest absolute Gasteiger partial charge is 0.157 e. The Morgan fingerprint density at radius 3 is 2.29 bits per heavy atom. The van der Waals surface area contributed by atoms with Crippen molar-refractivity contribution >= 4 is 26.7 Å². The minimum Gasteiger partial charge on any atom is -0.353 e. The molecule has 0 fully saturated rings. The Bertz CT molecular complexity index is 123. The van der Waals surface area contributed by atoms with Gasteiger partial charge in [-0.2, -0.15) is 0 Å². The first-order valence-electron chi connectivity index (χ1n) is 4.96. The summed E-state index contributed by atoms with van der Waals surface area (Å²) in [6.45, 7) is 6.51. The molecule has 0 heterocycles. The molecule has 0 aromatic carbocycles. The summed E-state index contributed by atoms with van der Waals surface area (Å²) in [6.07, 6.45) is 2.06. The molecule has 0 aliphatic rings. The minimum absolute atomic E-state index is 0.0174. The number of hydrogen-bond donors (Lipinski definition) is 0. The quantitative estimate of drug-likeness (QED) is 0.468. The molecule has 0 saturated heterocycles. The van der Waals surface area contributed by atoms with E-state index in [2.05, 4.69) is 22.8 Å². The van der Waals surface area contributed by atoms with Crippen LogP contribution in [0.2, 0.25) is 0 Å². The van der Waals surface area contributed by atoms with Crippen LogP contribution in [0.4, 0.5) is 0 Å². The van der Waals surface area contributed by atoms with Gasteiger partial charge in [0.05, 0.1) is 0 Å². The van der Waals surface area contributed by atoms with Crippen molar-refractivity contribution in [3.8, 4) is 0 Å². The Balaban J connectivity index is 3.49. The van der Waals surface area contributed by atoms with E-state index in [0.717, 1.165) is 41.0 Å². The first-order valence-corrected chi connectivity index (χ1v) is 8.23. The van der Waals surface area contributed by atoms with Crippen molar-refractivity contribution in [2.75, 3.05) is 19.8 Å². The van der Waals surface area contributed by atoms with Crippen LogP contribution in [-0.2, 0) is 9.47 Å². The third-order valence-corrected chi connectivity index (χ3v) is 4.86. The molecule has 86 valence electrons. The summed E-state index contributed by atoms with van der Waals surface area (Å²) in [6, 6.07) is 0. The van der Waals surface area contributed by atoms with Gasteiger partial charge in [0.15, 0.2) is 6.29 Å². The highest BCUT2D eigenvalue weighted by atomic mass is 32.0. The molecule has 0 radical (unpaired) electrons. The first-order chi connectivity index (χ1) is 6.74. The lowest BCUT2D eigenvalue weighted by Gasteiger charge is -2.18. The molecule has 0 amide bonds. The van der Waals surface area contributed by atoms with Crippen LogP contribution in [0.1, 0.15) is 26.7 Å². The maximum atomic E-state index is 5.45. The van der Waals surface area contributed by atoms with Gasteiger partial charge in [0.25, 0.3) is 0 Å². The van der Waals surface area contributed by atoms with Gasteiger partial charge in [0.2, 0.25) is 0 Å². The van der Waals surface area contributed by atoms with Crippen LogP contribution < -0.4 is 0 Å². The van der Waals surface area contributed by atoms with Crippen LogP contribution in [0.3, 0.4) is 0 Å². The van der Waals surface area contributed by atoms with E-state index in [1.807, 2.05) is 13.8 Å². The van der Waals surface area contributed by atoms with Crippen LogP contribution in [0, 0.1) is 0 Å². The summed E-state index contributed by atoms with van der Waals surface area (Å²) in [5.41, 5.74) is 0. The number of rotatable bonds is 9. The Labute approximate surface area is 93.9 Å². The fourth-order valence-corrected chi connectivity index (χ4v) is 1.94. The largest absolute Gasteiger partial charge is 0.353 e. The predicted octanol–water partition coefficient (Wildman–Crippen LogP) is 2.64. The highest BCUT2D eigenvalue weighted by Crippen LogP contribution is 2.30. The number of ether oxygens (including phenoxy) is 2. The van der Waals surface area contributed by atoms with Crippen LogP contribution in [0.5, 0.6) is 0 Å². The molecule has 0 N–H and O–H groups in total. The monoisotopic (exact) mass is 257 g/mol. The van der Waals surface area contributed by atoms with Crippen molar-refractivity contribution in [1.82, 2.24) is 4.44 Å². The molecule has 0 rings (SSSR count). The summed E-state index contributed by atoms with van der Waals surface area (Å²) in [5.74, 6) is 0. The molecule has 0 aliphatic heterocycles. The van der Waals surface area contributed by atoms with E-state index in [1.54, 1.807) is 0 Å². The molecule has 3 unspecified atom stereocenters. The van der Waals surface area contributed by atoms with E-state index in [1.165, 1.54) is 0 Å². The van der Waals surface area contributed by atoms with Crippen LogP contribution >= 0.6 is 26.7 Å². The number of nitrogens with zero attached hydrogens (tertiary/aromatic N) is 1. The third kappa shape index (κ3) is 8.48. The normalized spacial score (nSPS) is 12.4. The molecule has 0 saturated carbocycles. The second-order valence-electron chi connectivity index (χ2n) is 2.80. The lowest BCUT2D eigenvalue weighted by molar-refractivity contribution is -0.140. The third-order valence-electron chi connectivity index (χ3n) is 1.71. The van der Waals surface area contributed by atoms with Gasteiger partial charge in [-0.05, 0) is 35.1 Å². The molecule has 0 aliphatic carbocycles. The Morgan fingerprint density at radius 1 is 1.29 bits per heavy atom. The first kappa shape index (κ1) is 15.2. The highest BCUT2D eigenvalue weighted by molar-refractivity contribution is 8.02. The van der Waals surface area contributed by atoms with E-state index in [4.69, 9.17) is 9.47 Å². The van der Waals surface area contributed by atoms with Gasteiger partial charge < -0.3 is 9.47 Å². The average molecular weight is 257 g/mol. The molecule has 0 aromatic heterocycles. The average Bonchev–Trinajstić information content (AvgIpc) is 2.18. The molecule has 0 spiro atoms. The molecule has 14 heavy (non-hydrogen) atoms. The van der Waals surface area contributed by atoms with Gasteiger partial charge in [-0.3, -0.25) is 4.44 Å². The highest BCUT2D eigenvalue weighted by Gasteiger charge is 2.07. The Morgan fingerprint density at radius 2 is 1.86 bits per heavy atom. The van der Waals surface area contributed by atoms with E-state index >= 15 is 0 Å². The summed E-state index contributed by atoms with van der Waals surface area (Å²) < 4.78 is 13.1. The molecular formula is C8H22NO2P3. The second-order valence-corrected chi connectivity index (χ2v) is 5.55. The van der Waals surface area contributed by atoms with Crippen molar-refractivity contribution in [1.29, 1.82) is 0 Å². The number of hydrogen-bond acceptors (Lipinski definition) is 3. The topological polar surface area (TPSA) is 21.7 Å². The summed E-state index contributed by atoms with van der Waals surface area (Å²) >= 11 is 0. The minimum atomic E-state index is -0.0174. The predicted molar refractivity (Wildman–Crippen MR) is 70.7 cm³/mol. The summed E-state index contributed by atoms with van der Waals surface area (Å²) in [5, 5.41) is 0. The fraction of sp³-hybridized carbons (Fsp3) is 1.00. The zero-order valence-corrected chi connectivity index (χ0v) is 12.3. The van der Waals surface area contributed by atoms with Crippen molar-refractivity contribution in [2.24, 2.45) is 0 Å². The van der Waals surface area contributed by atoms with Crippen molar-refractivity contribution in [2.45, 2.75) is 33.0 Å². The van der Waals surface area contributed by atoms with Crippen LogP contribution in [0.25, 0.3) is 0 Å². The molecule has 3 atom stereocenters.